The molecule has 1 aromatic carbocycles. The molecule has 27 heavy (non-hydrogen) atoms. The van der Waals surface area contributed by atoms with Crippen LogP contribution in [0.15, 0.2) is 55.1 Å². The molecule has 0 spiro atoms. The first-order valence-corrected chi connectivity index (χ1v) is 8.70. The molecular formula is C19H18N6O2. The number of carbonyl (C=O) groups is 2. The summed E-state index contributed by atoms with van der Waals surface area (Å²) in [6.45, 7) is 0.758. The number of hydrogen-bond acceptors (Lipinski definition) is 5. The molecule has 3 aromatic rings. The van der Waals surface area contributed by atoms with Gasteiger partial charge in [-0.1, -0.05) is 12.1 Å². The van der Waals surface area contributed by atoms with E-state index in [4.69, 9.17) is 0 Å². The van der Waals surface area contributed by atoms with Crippen LogP contribution >= 0.6 is 0 Å². The van der Waals surface area contributed by atoms with Crippen LogP contribution in [0.4, 0.5) is 11.4 Å². The van der Waals surface area contributed by atoms with E-state index in [-0.39, 0.29) is 18.2 Å². The summed E-state index contributed by atoms with van der Waals surface area (Å²) >= 11 is 0. The number of rotatable bonds is 5. The van der Waals surface area contributed by atoms with Crippen LogP contribution in [0.25, 0.3) is 5.95 Å². The van der Waals surface area contributed by atoms with E-state index in [1.807, 2.05) is 24.3 Å². The van der Waals surface area contributed by atoms with Gasteiger partial charge in [0.15, 0.2) is 0 Å². The fourth-order valence-corrected chi connectivity index (χ4v) is 3.01. The minimum Gasteiger partial charge on any atom is -0.323 e. The second kappa shape index (κ2) is 7.36. The van der Waals surface area contributed by atoms with Crippen molar-refractivity contribution in [2.45, 2.75) is 19.3 Å². The third kappa shape index (κ3) is 3.84. The van der Waals surface area contributed by atoms with Crippen molar-refractivity contribution in [1.82, 2.24) is 19.7 Å². The van der Waals surface area contributed by atoms with E-state index in [0.29, 0.717) is 18.1 Å². The maximum atomic E-state index is 12.3. The lowest BCUT2D eigenvalue weighted by Gasteiger charge is -2.15. The van der Waals surface area contributed by atoms with Crippen LogP contribution in [0.3, 0.4) is 0 Å². The molecule has 3 heterocycles. The lowest BCUT2D eigenvalue weighted by molar-refractivity contribution is -0.117. The minimum atomic E-state index is -0.145. The van der Waals surface area contributed by atoms with Crippen LogP contribution in [-0.4, -0.2) is 38.1 Å². The number of amides is 2. The standard InChI is InChI=1S/C19H18N6O2/c26-17(23-15-12-22-25(13-15)19-20-8-2-9-21-19)11-14-4-6-16(7-5-14)24-10-1-3-18(24)27/h2,4-9,12-13H,1,3,10-11H2,(H,23,26). The van der Waals surface area contributed by atoms with Gasteiger partial charge < -0.3 is 10.2 Å². The van der Waals surface area contributed by atoms with Crippen LogP contribution in [0.2, 0.25) is 0 Å². The molecule has 0 atom stereocenters. The zero-order valence-electron chi connectivity index (χ0n) is 14.6. The van der Waals surface area contributed by atoms with E-state index in [1.165, 1.54) is 4.68 Å². The molecule has 1 saturated heterocycles. The highest BCUT2D eigenvalue weighted by Gasteiger charge is 2.21. The smallest absolute Gasteiger partial charge is 0.250 e. The molecule has 0 aliphatic carbocycles. The van der Waals surface area contributed by atoms with Gasteiger partial charge >= 0.3 is 0 Å². The summed E-state index contributed by atoms with van der Waals surface area (Å²) in [7, 11) is 0. The highest BCUT2D eigenvalue weighted by molar-refractivity contribution is 5.95. The van der Waals surface area contributed by atoms with Gasteiger partial charge in [0.2, 0.25) is 17.8 Å². The lowest BCUT2D eigenvalue weighted by Crippen LogP contribution is -2.23. The topological polar surface area (TPSA) is 93.0 Å². The summed E-state index contributed by atoms with van der Waals surface area (Å²) < 4.78 is 1.50. The number of nitrogens with one attached hydrogen (secondary N) is 1. The minimum absolute atomic E-state index is 0.145. The van der Waals surface area contributed by atoms with Crippen LogP contribution in [0, 0.1) is 0 Å². The Bertz CT molecular complexity index is 952. The van der Waals surface area contributed by atoms with Crippen molar-refractivity contribution in [2.24, 2.45) is 0 Å². The zero-order valence-corrected chi connectivity index (χ0v) is 14.6. The molecule has 1 N–H and O–H groups in total. The van der Waals surface area contributed by atoms with Gasteiger partial charge in [-0.2, -0.15) is 5.10 Å². The maximum absolute atomic E-state index is 12.3. The summed E-state index contributed by atoms with van der Waals surface area (Å²) in [6.07, 6.45) is 8.20. The third-order valence-corrected chi connectivity index (χ3v) is 4.31. The van der Waals surface area contributed by atoms with Crippen LogP contribution in [-0.2, 0) is 16.0 Å². The SMILES string of the molecule is O=C(Cc1ccc(N2CCCC2=O)cc1)Nc1cnn(-c2ncccn2)c1. The number of anilines is 2. The second-order valence-electron chi connectivity index (χ2n) is 6.26. The normalized spacial score (nSPS) is 13.8. The van der Waals surface area contributed by atoms with E-state index >= 15 is 0 Å². The highest BCUT2D eigenvalue weighted by Crippen LogP contribution is 2.21. The van der Waals surface area contributed by atoms with Crippen LogP contribution in [0.5, 0.6) is 0 Å². The summed E-state index contributed by atoms with van der Waals surface area (Å²) in [5, 5.41) is 6.96. The Kier molecular flexibility index (Phi) is 4.61. The first-order valence-electron chi connectivity index (χ1n) is 8.70. The van der Waals surface area contributed by atoms with Gasteiger partial charge in [0, 0.05) is 31.0 Å². The molecule has 0 saturated carbocycles. The van der Waals surface area contributed by atoms with Crippen molar-refractivity contribution in [2.75, 3.05) is 16.8 Å². The highest BCUT2D eigenvalue weighted by atomic mass is 16.2. The van der Waals surface area contributed by atoms with Crippen LogP contribution in [0.1, 0.15) is 18.4 Å². The molecule has 8 heteroatoms. The van der Waals surface area contributed by atoms with E-state index in [9.17, 15) is 9.59 Å². The fourth-order valence-electron chi connectivity index (χ4n) is 3.01. The van der Waals surface area contributed by atoms with Gasteiger partial charge in [-0.25, -0.2) is 14.6 Å². The molecule has 0 bridgehead atoms. The van der Waals surface area contributed by atoms with Gasteiger partial charge in [0.1, 0.15) is 0 Å². The van der Waals surface area contributed by atoms with Crippen molar-refractivity contribution in [3.05, 3.63) is 60.7 Å². The molecule has 8 nitrogen and oxygen atoms in total. The molecule has 2 amide bonds. The Morgan fingerprint density at radius 2 is 1.93 bits per heavy atom. The summed E-state index contributed by atoms with van der Waals surface area (Å²) in [4.78, 5) is 34.1. The van der Waals surface area contributed by atoms with Crippen molar-refractivity contribution < 1.29 is 9.59 Å². The molecular weight excluding hydrogens is 344 g/mol. The number of nitrogens with zero attached hydrogens (tertiary/aromatic N) is 5. The molecule has 1 aliphatic rings. The Balaban J connectivity index is 1.37. The van der Waals surface area contributed by atoms with Gasteiger partial charge in [-0.3, -0.25) is 9.59 Å². The lowest BCUT2D eigenvalue weighted by atomic mass is 10.1. The predicted molar refractivity (Wildman–Crippen MR) is 99.5 cm³/mol. The fraction of sp³-hybridized carbons (Fsp3) is 0.211. The summed E-state index contributed by atoms with van der Waals surface area (Å²) in [6, 6.07) is 9.25. The summed E-state index contributed by atoms with van der Waals surface area (Å²) in [5.74, 6) is 0.443. The Hall–Kier alpha value is -3.55. The number of aromatic nitrogens is 4. The molecule has 0 radical (unpaired) electrons. The Morgan fingerprint density at radius 1 is 1.15 bits per heavy atom. The van der Waals surface area contributed by atoms with Crippen molar-refractivity contribution in [3.63, 3.8) is 0 Å². The Labute approximate surface area is 155 Å². The van der Waals surface area contributed by atoms with Gasteiger partial charge in [-0.05, 0) is 30.2 Å². The van der Waals surface area contributed by atoms with E-state index < -0.39 is 0 Å². The van der Waals surface area contributed by atoms with E-state index in [0.717, 1.165) is 24.2 Å². The predicted octanol–water partition coefficient (Wildman–Crippen LogP) is 1.97. The largest absolute Gasteiger partial charge is 0.323 e. The third-order valence-electron chi connectivity index (χ3n) is 4.31. The number of benzene rings is 1. The van der Waals surface area contributed by atoms with Crippen molar-refractivity contribution >= 4 is 23.2 Å². The first kappa shape index (κ1) is 16.9. The molecule has 4 rings (SSSR count). The second-order valence-corrected chi connectivity index (χ2v) is 6.26. The summed E-state index contributed by atoms with van der Waals surface area (Å²) in [5.41, 5.74) is 2.33. The number of carbonyl (C=O) groups excluding carboxylic acids is 2. The van der Waals surface area contributed by atoms with Gasteiger partial charge in [-0.15, -0.1) is 0 Å². The average molecular weight is 362 g/mol. The quantitative estimate of drug-likeness (QED) is 0.749. The van der Waals surface area contributed by atoms with E-state index in [2.05, 4.69) is 20.4 Å². The molecule has 136 valence electrons. The van der Waals surface area contributed by atoms with Crippen molar-refractivity contribution in [1.29, 1.82) is 0 Å². The maximum Gasteiger partial charge on any atom is 0.250 e. The molecule has 2 aromatic heterocycles. The first-order chi connectivity index (χ1) is 13.2. The molecule has 1 aliphatic heterocycles. The number of hydrogen-bond donors (Lipinski definition) is 1. The van der Waals surface area contributed by atoms with Crippen molar-refractivity contribution in [3.8, 4) is 5.95 Å². The Morgan fingerprint density at radius 3 is 2.63 bits per heavy atom. The monoisotopic (exact) mass is 362 g/mol. The van der Waals surface area contributed by atoms with Crippen LogP contribution < -0.4 is 10.2 Å². The average Bonchev–Trinajstić information content (AvgIpc) is 3.32. The van der Waals surface area contributed by atoms with Gasteiger partial charge in [0.25, 0.3) is 0 Å². The molecule has 1 fully saturated rings. The zero-order chi connectivity index (χ0) is 18.6. The molecule has 0 unspecified atom stereocenters. The van der Waals surface area contributed by atoms with E-state index in [1.54, 1.807) is 35.8 Å². The van der Waals surface area contributed by atoms with Gasteiger partial charge in [0.05, 0.1) is 24.5 Å².